The van der Waals surface area contributed by atoms with Gasteiger partial charge in [-0.05, 0) is 42.7 Å². The number of nitrogens with zero attached hydrogens (tertiary/aromatic N) is 2. The Hall–Kier alpha value is -3.71. The summed E-state index contributed by atoms with van der Waals surface area (Å²) in [4.78, 5) is 32.2. The first-order valence-electron chi connectivity index (χ1n) is 11.8. The van der Waals surface area contributed by atoms with Gasteiger partial charge in [0.25, 0.3) is 11.8 Å². The van der Waals surface area contributed by atoms with E-state index < -0.39 is 0 Å². The van der Waals surface area contributed by atoms with Crippen molar-refractivity contribution in [1.82, 2.24) is 15.2 Å². The molecule has 35 heavy (non-hydrogen) atoms. The highest BCUT2D eigenvalue weighted by Gasteiger charge is 2.26. The Balaban J connectivity index is 1.14. The molecule has 5 rings (SSSR count). The largest absolute Gasteiger partial charge is 0.483 e. The molecular formula is C28H27N3O3S. The van der Waals surface area contributed by atoms with E-state index in [1.807, 2.05) is 53.4 Å². The van der Waals surface area contributed by atoms with Crippen LogP contribution in [-0.2, 0) is 11.3 Å². The fraction of sp³-hybridized carbons (Fsp3) is 0.250. The molecule has 0 saturated carbocycles. The summed E-state index contributed by atoms with van der Waals surface area (Å²) in [5.41, 5.74) is 2.49. The van der Waals surface area contributed by atoms with Crippen LogP contribution < -0.4 is 10.1 Å². The van der Waals surface area contributed by atoms with Crippen LogP contribution in [0.2, 0.25) is 0 Å². The van der Waals surface area contributed by atoms with Crippen LogP contribution in [0.25, 0.3) is 10.2 Å². The van der Waals surface area contributed by atoms with E-state index in [0.29, 0.717) is 36.9 Å². The van der Waals surface area contributed by atoms with Crippen LogP contribution in [0.15, 0.2) is 78.9 Å². The number of benzene rings is 3. The van der Waals surface area contributed by atoms with Crippen LogP contribution in [0.4, 0.5) is 0 Å². The number of aromatic nitrogens is 1. The predicted octanol–water partition coefficient (Wildman–Crippen LogP) is 5.01. The second-order valence-electron chi connectivity index (χ2n) is 8.63. The molecule has 0 unspecified atom stereocenters. The lowest BCUT2D eigenvalue weighted by molar-refractivity contribution is -0.134. The van der Waals surface area contributed by atoms with Crippen molar-refractivity contribution in [2.45, 2.75) is 25.3 Å². The molecule has 7 heteroatoms. The number of piperidine rings is 1. The number of carbonyl (C=O) groups is 2. The van der Waals surface area contributed by atoms with Gasteiger partial charge >= 0.3 is 0 Å². The van der Waals surface area contributed by atoms with Gasteiger partial charge in [-0.25, -0.2) is 4.98 Å². The molecule has 178 valence electrons. The summed E-state index contributed by atoms with van der Waals surface area (Å²) in [6.07, 6.45) is 1.79. The number of ether oxygens (including phenoxy) is 1. The lowest BCUT2D eigenvalue weighted by Crippen LogP contribution is -2.40. The molecule has 1 saturated heterocycles. The molecule has 6 nitrogen and oxygen atoms in total. The maximum absolute atomic E-state index is 12.8. The second-order valence-corrected chi connectivity index (χ2v) is 9.69. The molecule has 1 N–H and O–H groups in total. The van der Waals surface area contributed by atoms with E-state index in [2.05, 4.69) is 11.4 Å². The number of carbonyl (C=O) groups excluding carboxylic acids is 2. The summed E-state index contributed by atoms with van der Waals surface area (Å²) in [7, 11) is 0. The van der Waals surface area contributed by atoms with Crippen molar-refractivity contribution < 1.29 is 14.3 Å². The maximum atomic E-state index is 12.8. The Morgan fingerprint density at radius 1 is 0.943 bits per heavy atom. The van der Waals surface area contributed by atoms with Gasteiger partial charge in [0, 0.05) is 25.6 Å². The molecule has 1 aliphatic rings. The van der Waals surface area contributed by atoms with Gasteiger partial charge in [0.2, 0.25) is 0 Å². The highest BCUT2D eigenvalue weighted by molar-refractivity contribution is 7.18. The van der Waals surface area contributed by atoms with Gasteiger partial charge in [-0.1, -0.05) is 54.6 Å². The average molecular weight is 486 g/mol. The van der Waals surface area contributed by atoms with Gasteiger partial charge in [-0.2, -0.15) is 0 Å². The minimum absolute atomic E-state index is 0.0627. The molecule has 0 aliphatic carbocycles. The van der Waals surface area contributed by atoms with E-state index in [1.165, 1.54) is 4.70 Å². The van der Waals surface area contributed by atoms with Crippen LogP contribution in [0.5, 0.6) is 5.75 Å². The van der Waals surface area contributed by atoms with Crippen LogP contribution in [0.1, 0.15) is 39.7 Å². The number of hydrogen-bond donors (Lipinski definition) is 1. The zero-order valence-corrected chi connectivity index (χ0v) is 20.2. The smallest absolute Gasteiger partial charge is 0.260 e. The van der Waals surface area contributed by atoms with E-state index in [1.54, 1.807) is 35.6 Å². The maximum Gasteiger partial charge on any atom is 0.260 e. The van der Waals surface area contributed by atoms with Crippen molar-refractivity contribution in [2.24, 2.45) is 0 Å². The van der Waals surface area contributed by atoms with E-state index in [0.717, 1.165) is 28.9 Å². The minimum Gasteiger partial charge on any atom is -0.483 e. The number of thiazole rings is 1. The number of likely N-dealkylation sites (tertiary alicyclic amines) is 1. The fourth-order valence-corrected chi connectivity index (χ4v) is 5.46. The zero-order chi connectivity index (χ0) is 24.0. The Morgan fingerprint density at radius 3 is 2.46 bits per heavy atom. The van der Waals surface area contributed by atoms with Crippen molar-refractivity contribution >= 4 is 33.4 Å². The van der Waals surface area contributed by atoms with Crippen LogP contribution >= 0.6 is 11.3 Å². The van der Waals surface area contributed by atoms with Crippen molar-refractivity contribution in [2.75, 3.05) is 19.7 Å². The monoisotopic (exact) mass is 485 g/mol. The molecule has 3 aromatic carbocycles. The van der Waals surface area contributed by atoms with Crippen LogP contribution in [-0.4, -0.2) is 41.4 Å². The van der Waals surface area contributed by atoms with Crippen LogP contribution in [0, 0.1) is 0 Å². The molecule has 1 aliphatic heterocycles. The number of nitrogens with one attached hydrogen (secondary N) is 1. The molecular weight excluding hydrogens is 458 g/mol. The highest BCUT2D eigenvalue weighted by Crippen LogP contribution is 2.33. The first kappa shape index (κ1) is 23.1. The first-order valence-corrected chi connectivity index (χ1v) is 12.7. The Kier molecular flexibility index (Phi) is 7.04. The lowest BCUT2D eigenvalue weighted by atomic mass is 9.97. The quantitative estimate of drug-likeness (QED) is 0.399. The normalized spacial score (nSPS) is 14.1. The molecule has 0 bridgehead atoms. The number of fused-ring (bicyclic) bond motifs is 1. The molecule has 1 fully saturated rings. The third-order valence-corrected chi connectivity index (χ3v) is 7.48. The Morgan fingerprint density at radius 2 is 1.66 bits per heavy atom. The summed E-state index contributed by atoms with van der Waals surface area (Å²) < 4.78 is 7.02. The molecule has 1 aromatic heterocycles. The molecule has 0 atom stereocenters. The SMILES string of the molecule is O=C(NCc1ccccc1)c1ccccc1OCC(=O)N1CCC(c2nc3ccccc3s2)CC1. The first-order chi connectivity index (χ1) is 17.2. The van der Waals surface area contributed by atoms with Crippen molar-refractivity contribution in [3.05, 3.63) is 95.0 Å². The Labute approximate surface area is 208 Å². The number of rotatable bonds is 7. The lowest BCUT2D eigenvalue weighted by Gasteiger charge is -2.31. The summed E-state index contributed by atoms with van der Waals surface area (Å²) >= 11 is 1.75. The van der Waals surface area contributed by atoms with E-state index >= 15 is 0 Å². The third kappa shape index (κ3) is 5.52. The standard InChI is InChI=1S/C28H27N3O3S/c32-26(31-16-14-21(15-17-31)28-30-23-11-5-7-13-25(23)35-28)19-34-24-12-6-4-10-22(24)27(33)29-18-20-8-2-1-3-9-20/h1-13,21H,14-19H2,(H,29,33). The van der Waals surface area contributed by atoms with Gasteiger partial charge in [-0.3, -0.25) is 9.59 Å². The number of para-hydroxylation sites is 2. The van der Waals surface area contributed by atoms with Crippen molar-refractivity contribution in [3.8, 4) is 5.75 Å². The number of hydrogen-bond acceptors (Lipinski definition) is 5. The molecule has 4 aromatic rings. The molecule has 2 amide bonds. The molecule has 0 spiro atoms. The minimum atomic E-state index is -0.228. The molecule has 0 radical (unpaired) electrons. The van der Waals surface area contributed by atoms with E-state index in [-0.39, 0.29) is 18.4 Å². The second kappa shape index (κ2) is 10.7. The van der Waals surface area contributed by atoms with Gasteiger partial charge in [0.1, 0.15) is 5.75 Å². The van der Waals surface area contributed by atoms with Crippen molar-refractivity contribution in [1.29, 1.82) is 0 Å². The summed E-state index contributed by atoms with van der Waals surface area (Å²) in [5, 5.41) is 4.07. The Bertz CT molecular complexity index is 1280. The predicted molar refractivity (Wildman–Crippen MR) is 138 cm³/mol. The summed E-state index contributed by atoms with van der Waals surface area (Å²) in [6.45, 7) is 1.70. The van der Waals surface area contributed by atoms with E-state index in [4.69, 9.17) is 9.72 Å². The van der Waals surface area contributed by atoms with Gasteiger partial charge in [0.15, 0.2) is 6.61 Å². The van der Waals surface area contributed by atoms with Gasteiger partial charge in [0.05, 0.1) is 20.8 Å². The number of amides is 2. The van der Waals surface area contributed by atoms with Gasteiger partial charge in [-0.15, -0.1) is 11.3 Å². The molecule has 2 heterocycles. The highest BCUT2D eigenvalue weighted by atomic mass is 32.1. The zero-order valence-electron chi connectivity index (χ0n) is 19.4. The summed E-state index contributed by atoms with van der Waals surface area (Å²) in [5.74, 6) is 0.503. The van der Waals surface area contributed by atoms with Gasteiger partial charge < -0.3 is 15.0 Å². The van der Waals surface area contributed by atoms with Crippen molar-refractivity contribution in [3.63, 3.8) is 0 Å². The summed E-state index contributed by atoms with van der Waals surface area (Å²) in [6, 6.07) is 25.0. The topological polar surface area (TPSA) is 71.5 Å². The van der Waals surface area contributed by atoms with Crippen LogP contribution in [0.3, 0.4) is 0 Å². The average Bonchev–Trinajstić information content (AvgIpc) is 3.36. The fourth-order valence-electron chi connectivity index (χ4n) is 4.32. The van der Waals surface area contributed by atoms with E-state index in [9.17, 15) is 9.59 Å². The third-order valence-electron chi connectivity index (χ3n) is 6.29.